The van der Waals surface area contributed by atoms with E-state index >= 15 is 0 Å². The first kappa shape index (κ1) is 12.3. The van der Waals surface area contributed by atoms with E-state index in [1.165, 1.54) is 11.8 Å². The highest BCUT2D eigenvalue weighted by Crippen LogP contribution is 2.18. The minimum Gasteiger partial charge on any atom is -0.480 e. The van der Waals surface area contributed by atoms with Crippen LogP contribution < -0.4 is 11.1 Å². The molecule has 0 heterocycles. The summed E-state index contributed by atoms with van der Waals surface area (Å²) in [6, 6.07) is -0.440. The fourth-order valence-electron chi connectivity index (χ4n) is 0.974. The lowest BCUT2D eigenvalue weighted by molar-refractivity contribution is -0.137. The van der Waals surface area contributed by atoms with Crippen LogP contribution in [0.15, 0.2) is 0 Å². The third-order valence-electron chi connectivity index (χ3n) is 2.03. The third kappa shape index (κ3) is 5.64. The van der Waals surface area contributed by atoms with Gasteiger partial charge in [-0.15, -0.1) is 0 Å². The molecule has 1 fully saturated rings. The molecule has 0 radical (unpaired) electrons. The van der Waals surface area contributed by atoms with E-state index in [-0.39, 0.29) is 5.91 Å². The first-order valence-electron chi connectivity index (χ1n) is 4.95. The van der Waals surface area contributed by atoms with Gasteiger partial charge in [0.15, 0.2) is 0 Å². The number of amides is 1. The second-order valence-corrected chi connectivity index (χ2v) is 4.76. The van der Waals surface area contributed by atoms with Gasteiger partial charge in [-0.25, -0.2) is 0 Å². The fraction of sp³-hybridized carbons (Fsp3) is 0.778. The Morgan fingerprint density at radius 3 is 2.73 bits per heavy atom. The van der Waals surface area contributed by atoms with Crippen molar-refractivity contribution in [1.82, 2.24) is 5.32 Å². The summed E-state index contributed by atoms with van der Waals surface area (Å²) in [5.74, 6) is 0.0322. The van der Waals surface area contributed by atoms with Gasteiger partial charge in [0.05, 0.1) is 0 Å². The zero-order chi connectivity index (χ0) is 11.3. The van der Waals surface area contributed by atoms with Crippen LogP contribution >= 0.6 is 11.8 Å². The molecule has 1 aliphatic rings. The summed E-state index contributed by atoms with van der Waals surface area (Å²) in [6.45, 7) is 0. The third-order valence-corrected chi connectivity index (χ3v) is 3.12. The molecule has 0 bridgehead atoms. The zero-order valence-electron chi connectivity index (χ0n) is 8.44. The van der Waals surface area contributed by atoms with E-state index in [0.29, 0.717) is 24.0 Å². The summed E-state index contributed by atoms with van der Waals surface area (Å²) in [6.07, 6.45) is 2.61. The normalized spacial score (nSPS) is 17.1. The lowest BCUT2D eigenvalue weighted by atomic mass is 10.4. The standard InChI is InChI=1S/C9H16N2O3S/c10-7(9(13)14)5-15-4-3-8(12)11-6-1-2-6/h6-7H,1-5,10H2,(H,11,12)(H,13,14). The average molecular weight is 232 g/mol. The number of nitrogens with one attached hydrogen (secondary N) is 1. The number of carboxylic acid groups (broad SMARTS) is 1. The number of hydrogen-bond acceptors (Lipinski definition) is 4. The SMILES string of the molecule is NC(CSCCC(=O)NC1CC1)C(=O)O. The summed E-state index contributed by atoms with van der Waals surface area (Å²) >= 11 is 1.40. The molecule has 1 aliphatic carbocycles. The van der Waals surface area contributed by atoms with E-state index in [1.54, 1.807) is 0 Å². The van der Waals surface area contributed by atoms with Gasteiger partial charge in [0.2, 0.25) is 5.91 Å². The van der Waals surface area contributed by atoms with Crippen molar-refractivity contribution in [1.29, 1.82) is 0 Å². The Morgan fingerprint density at radius 1 is 1.53 bits per heavy atom. The van der Waals surface area contributed by atoms with Gasteiger partial charge >= 0.3 is 5.97 Å². The molecule has 1 rings (SSSR count). The van der Waals surface area contributed by atoms with Crippen molar-refractivity contribution in [2.24, 2.45) is 5.73 Å². The van der Waals surface area contributed by atoms with E-state index in [2.05, 4.69) is 5.32 Å². The summed E-state index contributed by atoms with van der Waals surface area (Å²) in [7, 11) is 0. The van der Waals surface area contributed by atoms with Crippen LogP contribution in [0.2, 0.25) is 0 Å². The maximum Gasteiger partial charge on any atom is 0.321 e. The molecule has 1 unspecified atom stereocenters. The number of nitrogens with two attached hydrogens (primary N) is 1. The van der Waals surface area contributed by atoms with Crippen molar-refractivity contribution in [3.63, 3.8) is 0 Å². The lowest BCUT2D eigenvalue weighted by Gasteiger charge is -2.06. The van der Waals surface area contributed by atoms with Gasteiger partial charge in [-0.3, -0.25) is 9.59 Å². The number of aliphatic carboxylic acids is 1. The minimum absolute atomic E-state index is 0.0499. The Hall–Kier alpha value is -0.750. The average Bonchev–Trinajstić information content (AvgIpc) is 2.95. The Morgan fingerprint density at radius 2 is 2.20 bits per heavy atom. The number of carbonyl (C=O) groups is 2. The zero-order valence-corrected chi connectivity index (χ0v) is 9.26. The highest BCUT2D eigenvalue weighted by molar-refractivity contribution is 7.99. The van der Waals surface area contributed by atoms with Gasteiger partial charge in [0, 0.05) is 24.0 Å². The fourth-order valence-corrected chi connectivity index (χ4v) is 1.87. The van der Waals surface area contributed by atoms with Gasteiger partial charge in [0.1, 0.15) is 6.04 Å². The van der Waals surface area contributed by atoms with Gasteiger partial charge in [-0.05, 0) is 12.8 Å². The molecule has 86 valence electrons. The van der Waals surface area contributed by atoms with E-state index in [0.717, 1.165) is 12.8 Å². The van der Waals surface area contributed by atoms with Crippen LogP contribution in [0, 0.1) is 0 Å². The molecule has 0 spiro atoms. The largest absolute Gasteiger partial charge is 0.480 e. The molecule has 0 aromatic heterocycles. The number of carbonyl (C=O) groups excluding carboxylic acids is 1. The summed E-state index contributed by atoms with van der Waals surface area (Å²) in [4.78, 5) is 21.6. The molecule has 0 aromatic rings. The van der Waals surface area contributed by atoms with Crippen molar-refractivity contribution < 1.29 is 14.7 Å². The minimum atomic E-state index is -0.995. The van der Waals surface area contributed by atoms with Crippen LogP contribution in [-0.2, 0) is 9.59 Å². The van der Waals surface area contributed by atoms with E-state index in [9.17, 15) is 9.59 Å². The topological polar surface area (TPSA) is 92.4 Å². The number of rotatable bonds is 7. The number of hydrogen-bond donors (Lipinski definition) is 3. The smallest absolute Gasteiger partial charge is 0.321 e. The van der Waals surface area contributed by atoms with Crippen molar-refractivity contribution >= 4 is 23.6 Å². The second kappa shape index (κ2) is 5.97. The second-order valence-electron chi connectivity index (χ2n) is 3.61. The van der Waals surface area contributed by atoms with Crippen molar-refractivity contribution in [3.05, 3.63) is 0 Å². The summed E-state index contributed by atoms with van der Waals surface area (Å²) < 4.78 is 0. The highest BCUT2D eigenvalue weighted by Gasteiger charge is 2.22. The molecule has 5 nitrogen and oxygen atoms in total. The number of carboxylic acids is 1. The van der Waals surface area contributed by atoms with E-state index < -0.39 is 12.0 Å². The molecule has 1 atom stereocenters. The van der Waals surface area contributed by atoms with Crippen molar-refractivity contribution in [2.45, 2.75) is 31.3 Å². The van der Waals surface area contributed by atoms with Crippen LogP contribution in [0.5, 0.6) is 0 Å². The molecule has 15 heavy (non-hydrogen) atoms. The predicted octanol–water partition coefficient (Wildman–Crippen LogP) is -0.200. The van der Waals surface area contributed by atoms with Gasteiger partial charge < -0.3 is 16.2 Å². The van der Waals surface area contributed by atoms with Gasteiger partial charge in [0.25, 0.3) is 0 Å². The van der Waals surface area contributed by atoms with Gasteiger partial charge in [-0.1, -0.05) is 0 Å². The molecule has 1 amide bonds. The Bertz CT molecular complexity index is 244. The van der Waals surface area contributed by atoms with Crippen LogP contribution in [0.1, 0.15) is 19.3 Å². The quantitative estimate of drug-likeness (QED) is 0.529. The molecule has 0 aromatic carbocycles. The summed E-state index contributed by atoms with van der Waals surface area (Å²) in [5.41, 5.74) is 5.30. The van der Waals surface area contributed by atoms with Crippen LogP contribution in [0.3, 0.4) is 0 Å². The van der Waals surface area contributed by atoms with E-state index in [4.69, 9.17) is 10.8 Å². The Kier molecular flexibility index (Phi) is 4.90. The van der Waals surface area contributed by atoms with Crippen molar-refractivity contribution in [3.8, 4) is 0 Å². The maximum absolute atomic E-state index is 11.2. The monoisotopic (exact) mass is 232 g/mol. The molecule has 1 saturated carbocycles. The van der Waals surface area contributed by atoms with E-state index in [1.807, 2.05) is 0 Å². The van der Waals surface area contributed by atoms with Crippen LogP contribution in [-0.4, -0.2) is 40.6 Å². The van der Waals surface area contributed by atoms with Crippen molar-refractivity contribution in [2.75, 3.05) is 11.5 Å². The molecule has 6 heteroatoms. The molecule has 4 N–H and O–H groups in total. The highest BCUT2D eigenvalue weighted by atomic mass is 32.2. The Balaban J connectivity index is 1.95. The molecular formula is C9H16N2O3S. The van der Waals surface area contributed by atoms with Crippen LogP contribution in [0.25, 0.3) is 0 Å². The maximum atomic E-state index is 11.2. The molecular weight excluding hydrogens is 216 g/mol. The molecule has 0 saturated heterocycles. The first-order chi connectivity index (χ1) is 7.09. The number of thioether (sulfide) groups is 1. The predicted molar refractivity (Wildman–Crippen MR) is 58.7 cm³/mol. The Labute approximate surface area is 92.8 Å². The summed E-state index contributed by atoms with van der Waals surface area (Å²) in [5, 5.41) is 11.4. The van der Waals surface area contributed by atoms with Crippen LogP contribution in [0.4, 0.5) is 0 Å². The molecule has 0 aliphatic heterocycles. The first-order valence-corrected chi connectivity index (χ1v) is 6.10. The lowest BCUT2D eigenvalue weighted by Crippen LogP contribution is -2.32. The van der Waals surface area contributed by atoms with Gasteiger partial charge in [-0.2, -0.15) is 11.8 Å².